The lowest BCUT2D eigenvalue weighted by molar-refractivity contribution is 0.293. The Balaban J connectivity index is 0.00000116. The highest BCUT2D eigenvalue weighted by molar-refractivity contribution is 5.72. The second-order valence-corrected chi connectivity index (χ2v) is 5.24. The van der Waals surface area contributed by atoms with Gasteiger partial charge >= 0.3 is 0 Å². The number of aromatic nitrogens is 1. The van der Waals surface area contributed by atoms with Crippen LogP contribution in [-0.4, -0.2) is 36.5 Å². The van der Waals surface area contributed by atoms with Crippen molar-refractivity contribution in [3.8, 4) is 0 Å². The second-order valence-electron chi connectivity index (χ2n) is 5.24. The molecule has 0 aliphatic carbocycles. The number of anilines is 1. The molecule has 4 nitrogen and oxygen atoms in total. The molecule has 2 heterocycles. The molecule has 22 heavy (non-hydrogen) atoms. The molecule has 0 aromatic carbocycles. The van der Waals surface area contributed by atoms with Crippen molar-refractivity contribution in [2.45, 2.75) is 47.0 Å². The van der Waals surface area contributed by atoms with Crippen molar-refractivity contribution in [3.05, 3.63) is 29.5 Å². The van der Waals surface area contributed by atoms with Gasteiger partial charge in [0.1, 0.15) is 12.5 Å². The van der Waals surface area contributed by atoms with Crippen LogP contribution in [-0.2, 0) is 6.42 Å². The summed E-state index contributed by atoms with van der Waals surface area (Å²) in [6.45, 7) is 11.4. The Labute approximate surface area is 135 Å². The molecule has 1 aromatic rings. The van der Waals surface area contributed by atoms with Gasteiger partial charge in [0.05, 0.1) is 0 Å². The van der Waals surface area contributed by atoms with Crippen molar-refractivity contribution in [1.29, 1.82) is 0 Å². The molecule has 0 saturated carbocycles. The van der Waals surface area contributed by atoms with Crippen molar-refractivity contribution >= 4 is 11.4 Å². The first-order valence-electron chi connectivity index (χ1n) is 8.49. The van der Waals surface area contributed by atoms with Gasteiger partial charge in [0.15, 0.2) is 0 Å². The fourth-order valence-corrected chi connectivity index (χ4v) is 2.66. The summed E-state index contributed by atoms with van der Waals surface area (Å²) in [6, 6.07) is 2.09. The van der Waals surface area contributed by atoms with E-state index in [1.54, 1.807) is 0 Å². The topological polar surface area (TPSA) is 48.4 Å². The lowest BCUT2D eigenvalue weighted by Crippen LogP contribution is -2.21. The number of aliphatic hydroxyl groups is 1. The van der Waals surface area contributed by atoms with Gasteiger partial charge in [-0.3, -0.25) is 0 Å². The number of rotatable bonds is 7. The Morgan fingerprint density at radius 1 is 1.41 bits per heavy atom. The molecule has 0 amide bonds. The SMILES string of the molecule is CC.CCCNCC/C=C(/C)c1ccnc2c1CCN2CO. The van der Waals surface area contributed by atoms with Gasteiger partial charge < -0.3 is 15.3 Å². The highest BCUT2D eigenvalue weighted by Gasteiger charge is 2.22. The van der Waals surface area contributed by atoms with Crippen LogP contribution in [0.4, 0.5) is 5.82 Å². The minimum atomic E-state index is 0.0488. The van der Waals surface area contributed by atoms with E-state index >= 15 is 0 Å². The highest BCUT2D eigenvalue weighted by atomic mass is 16.3. The minimum absolute atomic E-state index is 0.0488. The van der Waals surface area contributed by atoms with Crippen molar-refractivity contribution in [3.63, 3.8) is 0 Å². The maximum atomic E-state index is 9.33. The van der Waals surface area contributed by atoms with Gasteiger partial charge in [-0.05, 0) is 56.5 Å². The van der Waals surface area contributed by atoms with Crippen LogP contribution in [0.25, 0.3) is 5.57 Å². The van der Waals surface area contributed by atoms with E-state index < -0.39 is 0 Å². The molecule has 0 fully saturated rings. The van der Waals surface area contributed by atoms with Crippen molar-refractivity contribution in [2.24, 2.45) is 0 Å². The quantitative estimate of drug-likeness (QED) is 0.760. The van der Waals surface area contributed by atoms with Gasteiger partial charge in [0.2, 0.25) is 0 Å². The van der Waals surface area contributed by atoms with Crippen LogP contribution in [0, 0.1) is 0 Å². The summed E-state index contributed by atoms with van der Waals surface area (Å²) in [7, 11) is 0. The standard InChI is InChI=1S/C16H25N3O.C2H6/c1-3-8-17-9-4-5-13(2)14-6-10-18-16-15(14)7-11-19(16)12-20;1-2/h5-6,10,17,20H,3-4,7-9,11-12H2,1-2H3;1-2H3/b13-5-;. The number of hydrogen-bond acceptors (Lipinski definition) is 4. The van der Waals surface area contributed by atoms with Crippen LogP contribution in [0.5, 0.6) is 0 Å². The van der Waals surface area contributed by atoms with Crippen LogP contribution in [0.15, 0.2) is 18.3 Å². The Morgan fingerprint density at radius 2 is 2.18 bits per heavy atom. The van der Waals surface area contributed by atoms with E-state index in [2.05, 4.69) is 36.3 Å². The van der Waals surface area contributed by atoms with Gasteiger partial charge in [0.25, 0.3) is 0 Å². The molecule has 1 aromatic heterocycles. The van der Waals surface area contributed by atoms with Gasteiger partial charge in [-0.25, -0.2) is 4.98 Å². The summed E-state index contributed by atoms with van der Waals surface area (Å²) in [5.41, 5.74) is 3.86. The summed E-state index contributed by atoms with van der Waals surface area (Å²) >= 11 is 0. The fraction of sp³-hybridized carbons (Fsp3) is 0.611. The fourth-order valence-electron chi connectivity index (χ4n) is 2.66. The summed E-state index contributed by atoms with van der Waals surface area (Å²) < 4.78 is 0. The molecule has 124 valence electrons. The van der Waals surface area contributed by atoms with Crippen molar-refractivity contribution in [1.82, 2.24) is 10.3 Å². The van der Waals surface area contributed by atoms with Crippen molar-refractivity contribution in [2.75, 3.05) is 31.3 Å². The van der Waals surface area contributed by atoms with E-state index in [4.69, 9.17) is 0 Å². The summed E-state index contributed by atoms with van der Waals surface area (Å²) in [6.07, 6.45) is 7.33. The maximum absolute atomic E-state index is 9.33. The molecule has 0 atom stereocenters. The summed E-state index contributed by atoms with van der Waals surface area (Å²) in [4.78, 5) is 6.33. The van der Waals surface area contributed by atoms with Crippen LogP contribution in [0.3, 0.4) is 0 Å². The first-order chi connectivity index (χ1) is 10.8. The number of pyridine rings is 1. The number of fused-ring (bicyclic) bond motifs is 1. The smallest absolute Gasteiger partial charge is 0.134 e. The predicted octanol–water partition coefficient (Wildman–Crippen LogP) is 3.21. The Morgan fingerprint density at radius 3 is 2.86 bits per heavy atom. The zero-order valence-electron chi connectivity index (χ0n) is 14.5. The summed E-state index contributed by atoms with van der Waals surface area (Å²) in [5, 5.41) is 12.7. The van der Waals surface area contributed by atoms with Crippen LogP contribution >= 0.6 is 0 Å². The third-order valence-electron chi connectivity index (χ3n) is 3.76. The molecular weight excluding hydrogens is 274 g/mol. The molecule has 0 unspecified atom stereocenters. The predicted molar refractivity (Wildman–Crippen MR) is 95.1 cm³/mol. The first kappa shape index (κ1) is 18.7. The number of nitrogens with zero attached hydrogens (tertiary/aromatic N) is 2. The molecule has 4 heteroatoms. The third-order valence-corrected chi connectivity index (χ3v) is 3.76. The second kappa shape index (κ2) is 10.4. The molecule has 0 saturated heterocycles. The Kier molecular flexibility index (Phi) is 8.78. The normalized spacial score (nSPS) is 13.7. The van der Waals surface area contributed by atoms with E-state index in [9.17, 15) is 5.11 Å². The van der Waals surface area contributed by atoms with E-state index in [-0.39, 0.29) is 6.73 Å². The molecule has 0 radical (unpaired) electrons. The van der Waals surface area contributed by atoms with Crippen molar-refractivity contribution < 1.29 is 5.11 Å². The van der Waals surface area contributed by atoms with Gasteiger partial charge in [-0.1, -0.05) is 26.8 Å². The zero-order valence-corrected chi connectivity index (χ0v) is 14.5. The third kappa shape index (κ3) is 4.82. The molecular formula is C18H31N3O. The molecule has 0 bridgehead atoms. The molecule has 2 N–H and O–H groups in total. The maximum Gasteiger partial charge on any atom is 0.134 e. The number of allylic oxidation sites excluding steroid dienone is 1. The molecule has 2 rings (SSSR count). The molecule has 1 aliphatic rings. The average Bonchev–Trinajstić information content (AvgIpc) is 2.99. The Bertz CT molecular complexity index is 471. The van der Waals surface area contributed by atoms with E-state index in [1.807, 2.05) is 24.9 Å². The van der Waals surface area contributed by atoms with Crippen LogP contribution in [0.2, 0.25) is 0 Å². The van der Waals surface area contributed by atoms with E-state index in [0.717, 1.165) is 38.3 Å². The number of aliphatic hydroxyl groups excluding tert-OH is 1. The van der Waals surface area contributed by atoms with Gasteiger partial charge in [-0.2, -0.15) is 0 Å². The average molecular weight is 305 g/mol. The van der Waals surface area contributed by atoms with E-state index in [1.165, 1.54) is 23.1 Å². The Hall–Kier alpha value is -1.39. The largest absolute Gasteiger partial charge is 0.376 e. The lowest BCUT2D eigenvalue weighted by atomic mass is 10.0. The monoisotopic (exact) mass is 305 g/mol. The van der Waals surface area contributed by atoms with E-state index in [0.29, 0.717) is 0 Å². The first-order valence-corrected chi connectivity index (χ1v) is 8.49. The number of hydrogen-bond donors (Lipinski definition) is 2. The van der Waals surface area contributed by atoms with Crippen LogP contribution in [0.1, 0.15) is 51.7 Å². The molecule has 1 aliphatic heterocycles. The van der Waals surface area contributed by atoms with Gasteiger partial charge in [-0.15, -0.1) is 0 Å². The van der Waals surface area contributed by atoms with Gasteiger partial charge in [0, 0.05) is 18.3 Å². The van der Waals surface area contributed by atoms with Crippen LogP contribution < -0.4 is 10.2 Å². The number of nitrogens with one attached hydrogen (secondary N) is 1. The highest BCUT2D eigenvalue weighted by Crippen LogP contribution is 2.31. The summed E-state index contributed by atoms with van der Waals surface area (Å²) in [5.74, 6) is 0.946. The zero-order chi connectivity index (χ0) is 16.4. The molecule has 0 spiro atoms. The minimum Gasteiger partial charge on any atom is -0.376 e. The lowest BCUT2D eigenvalue weighted by Gasteiger charge is -2.15.